The van der Waals surface area contributed by atoms with Gasteiger partial charge in [-0.05, 0) is 24.1 Å². The number of aromatic nitrogens is 1. The number of hydrogen-bond donors (Lipinski definition) is 2. The number of carbonyl (C=O) groups is 1. The van der Waals surface area contributed by atoms with Crippen LogP contribution in [0.2, 0.25) is 0 Å². The van der Waals surface area contributed by atoms with Crippen LogP contribution >= 0.6 is 0 Å². The van der Waals surface area contributed by atoms with Crippen molar-refractivity contribution in [2.45, 2.75) is 18.9 Å². The van der Waals surface area contributed by atoms with Gasteiger partial charge in [0, 0.05) is 32.6 Å². The molecule has 0 spiro atoms. The van der Waals surface area contributed by atoms with E-state index in [4.69, 9.17) is 10.5 Å². The molecule has 1 rings (SSSR count). The van der Waals surface area contributed by atoms with E-state index in [2.05, 4.69) is 10.3 Å². The number of nitrogens with one attached hydrogen (secondary N) is 1. The van der Waals surface area contributed by atoms with E-state index in [1.54, 1.807) is 19.5 Å². The van der Waals surface area contributed by atoms with Crippen LogP contribution < -0.4 is 11.1 Å². The molecule has 1 atom stereocenters. The fourth-order valence-corrected chi connectivity index (χ4v) is 1.44. The zero-order chi connectivity index (χ0) is 12.5. The summed E-state index contributed by atoms with van der Waals surface area (Å²) in [6, 6.07) is 3.87. The van der Waals surface area contributed by atoms with Crippen molar-refractivity contribution in [3.63, 3.8) is 0 Å². The molecule has 0 aromatic carbocycles. The third kappa shape index (κ3) is 5.42. The highest BCUT2D eigenvalue weighted by molar-refractivity contribution is 5.76. The van der Waals surface area contributed by atoms with Gasteiger partial charge in [-0.25, -0.2) is 0 Å². The number of amides is 1. The molecule has 0 fully saturated rings. The Morgan fingerprint density at radius 3 is 2.82 bits per heavy atom. The maximum atomic E-state index is 11.5. The van der Waals surface area contributed by atoms with Gasteiger partial charge in [0.25, 0.3) is 0 Å². The molecular weight excluding hydrogens is 218 g/mol. The summed E-state index contributed by atoms with van der Waals surface area (Å²) in [6.07, 6.45) is 4.40. The molecule has 0 aliphatic carbocycles. The number of pyridine rings is 1. The highest BCUT2D eigenvalue weighted by atomic mass is 16.5. The number of methoxy groups -OCH3 is 1. The maximum absolute atomic E-state index is 11.5. The number of nitrogens with zero attached hydrogens (tertiary/aromatic N) is 1. The summed E-state index contributed by atoms with van der Waals surface area (Å²) in [4.78, 5) is 15.4. The highest BCUT2D eigenvalue weighted by Crippen LogP contribution is 1.97. The van der Waals surface area contributed by atoms with Gasteiger partial charge in [0.1, 0.15) is 0 Å². The van der Waals surface area contributed by atoms with Crippen molar-refractivity contribution < 1.29 is 9.53 Å². The van der Waals surface area contributed by atoms with Gasteiger partial charge in [-0.3, -0.25) is 9.78 Å². The van der Waals surface area contributed by atoms with Crippen molar-refractivity contribution in [1.29, 1.82) is 0 Å². The van der Waals surface area contributed by atoms with Crippen LogP contribution in [0, 0.1) is 0 Å². The monoisotopic (exact) mass is 237 g/mol. The molecule has 0 bridgehead atoms. The summed E-state index contributed by atoms with van der Waals surface area (Å²) in [5.74, 6) is -0.0312. The lowest BCUT2D eigenvalue weighted by Crippen LogP contribution is -2.33. The third-order valence-corrected chi connectivity index (χ3v) is 2.49. The van der Waals surface area contributed by atoms with Gasteiger partial charge in [0.15, 0.2) is 0 Å². The molecule has 1 aromatic rings. The lowest BCUT2D eigenvalue weighted by Gasteiger charge is -2.12. The van der Waals surface area contributed by atoms with Gasteiger partial charge in [0.2, 0.25) is 5.91 Å². The van der Waals surface area contributed by atoms with Crippen LogP contribution in [0.3, 0.4) is 0 Å². The van der Waals surface area contributed by atoms with Crippen molar-refractivity contribution in [3.05, 3.63) is 30.1 Å². The number of hydrogen-bond acceptors (Lipinski definition) is 4. The Hall–Kier alpha value is -1.46. The molecule has 1 heterocycles. The zero-order valence-corrected chi connectivity index (χ0v) is 10.1. The minimum atomic E-state index is -0.198. The van der Waals surface area contributed by atoms with Crippen molar-refractivity contribution in [3.8, 4) is 0 Å². The predicted molar refractivity (Wildman–Crippen MR) is 65.4 cm³/mol. The van der Waals surface area contributed by atoms with E-state index in [-0.39, 0.29) is 12.0 Å². The molecule has 3 N–H and O–H groups in total. The Balaban J connectivity index is 2.20. The summed E-state index contributed by atoms with van der Waals surface area (Å²) in [5.41, 5.74) is 6.59. The van der Waals surface area contributed by atoms with E-state index in [0.29, 0.717) is 19.5 Å². The van der Waals surface area contributed by atoms with Gasteiger partial charge in [0.05, 0.1) is 12.5 Å². The number of ether oxygens (including phenoxy) is 1. The van der Waals surface area contributed by atoms with Gasteiger partial charge < -0.3 is 15.8 Å². The maximum Gasteiger partial charge on any atom is 0.222 e. The second-order valence-electron chi connectivity index (χ2n) is 3.75. The van der Waals surface area contributed by atoms with Crippen LogP contribution in [0.4, 0.5) is 0 Å². The van der Waals surface area contributed by atoms with Crippen LogP contribution in [0.25, 0.3) is 0 Å². The largest absolute Gasteiger partial charge is 0.380 e. The summed E-state index contributed by atoms with van der Waals surface area (Å²) in [5, 5.41) is 2.84. The molecule has 5 heteroatoms. The number of rotatable bonds is 7. The molecular formula is C12H19N3O2. The van der Waals surface area contributed by atoms with Gasteiger partial charge in [-0.1, -0.05) is 0 Å². The number of carbonyl (C=O) groups excluding carboxylic acids is 1. The van der Waals surface area contributed by atoms with E-state index in [1.807, 2.05) is 12.1 Å². The second-order valence-corrected chi connectivity index (χ2v) is 3.75. The summed E-state index contributed by atoms with van der Waals surface area (Å²) in [7, 11) is 1.56. The first kappa shape index (κ1) is 13.6. The first-order valence-corrected chi connectivity index (χ1v) is 5.64. The predicted octanol–water partition coefficient (Wildman–Crippen LogP) is 0.104. The Bertz CT molecular complexity index is 326. The lowest BCUT2D eigenvalue weighted by atomic mass is 10.2. The third-order valence-electron chi connectivity index (χ3n) is 2.49. The molecule has 0 aliphatic rings. The summed E-state index contributed by atoms with van der Waals surface area (Å²) in [6.45, 7) is 0.970. The lowest BCUT2D eigenvalue weighted by molar-refractivity contribution is -0.123. The molecule has 0 aliphatic heterocycles. The summed E-state index contributed by atoms with van der Waals surface area (Å²) >= 11 is 0. The zero-order valence-electron chi connectivity index (χ0n) is 10.1. The fourth-order valence-electron chi connectivity index (χ4n) is 1.44. The molecule has 0 saturated heterocycles. The minimum absolute atomic E-state index is 0.0312. The SMILES string of the molecule is COC(CN)CC(=O)NCCc1ccncc1. The molecule has 94 valence electrons. The minimum Gasteiger partial charge on any atom is -0.380 e. The topological polar surface area (TPSA) is 77.2 Å². The standard InChI is InChI=1S/C12H19N3O2/c1-17-11(9-13)8-12(16)15-7-4-10-2-5-14-6-3-10/h2-3,5-6,11H,4,7-9,13H2,1H3,(H,15,16). The first-order chi connectivity index (χ1) is 8.26. The van der Waals surface area contributed by atoms with E-state index in [1.165, 1.54) is 0 Å². The molecule has 5 nitrogen and oxygen atoms in total. The Kier molecular flexibility index (Phi) is 6.21. The average molecular weight is 237 g/mol. The van der Waals surface area contributed by atoms with Crippen molar-refractivity contribution in [2.24, 2.45) is 5.73 Å². The van der Waals surface area contributed by atoms with E-state index >= 15 is 0 Å². The van der Waals surface area contributed by atoms with E-state index in [0.717, 1.165) is 12.0 Å². The fraction of sp³-hybridized carbons (Fsp3) is 0.500. The van der Waals surface area contributed by atoms with Gasteiger partial charge >= 0.3 is 0 Å². The molecule has 17 heavy (non-hydrogen) atoms. The second kappa shape index (κ2) is 7.76. The van der Waals surface area contributed by atoms with Crippen LogP contribution in [0.1, 0.15) is 12.0 Å². The Morgan fingerprint density at radius 2 is 2.24 bits per heavy atom. The summed E-state index contributed by atoms with van der Waals surface area (Å²) < 4.78 is 5.04. The molecule has 1 amide bonds. The van der Waals surface area contributed by atoms with Gasteiger partial charge in [-0.2, -0.15) is 0 Å². The van der Waals surface area contributed by atoms with Gasteiger partial charge in [-0.15, -0.1) is 0 Å². The smallest absolute Gasteiger partial charge is 0.222 e. The van der Waals surface area contributed by atoms with Crippen LogP contribution in [0.5, 0.6) is 0 Å². The molecule has 1 aromatic heterocycles. The molecule has 1 unspecified atom stereocenters. The first-order valence-electron chi connectivity index (χ1n) is 5.64. The quantitative estimate of drug-likeness (QED) is 0.705. The van der Waals surface area contributed by atoms with E-state index < -0.39 is 0 Å². The van der Waals surface area contributed by atoms with E-state index in [9.17, 15) is 4.79 Å². The molecule has 0 saturated carbocycles. The van der Waals surface area contributed by atoms with Crippen molar-refractivity contribution in [1.82, 2.24) is 10.3 Å². The van der Waals surface area contributed by atoms with Crippen molar-refractivity contribution in [2.75, 3.05) is 20.2 Å². The van der Waals surface area contributed by atoms with Crippen molar-refractivity contribution >= 4 is 5.91 Å². The molecule has 0 radical (unpaired) electrons. The average Bonchev–Trinajstić information content (AvgIpc) is 2.37. The highest BCUT2D eigenvalue weighted by Gasteiger charge is 2.10. The van der Waals surface area contributed by atoms with Crippen LogP contribution in [-0.2, 0) is 16.0 Å². The Morgan fingerprint density at radius 1 is 1.53 bits per heavy atom. The van der Waals surface area contributed by atoms with Crippen LogP contribution in [-0.4, -0.2) is 37.2 Å². The van der Waals surface area contributed by atoms with Crippen LogP contribution in [0.15, 0.2) is 24.5 Å². The number of nitrogens with two attached hydrogens (primary N) is 1. The normalized spacial score (nSPS) is 12.1. The Labute approximate surface area is 101 Å².